The highest BCUT2D eigenvalue weighted by atomic mass is 15.3. The van der Waals surface area contributed by atoms with Gasteiger partial charge in [0, 0.05) is 50.7 Å². The Labute approximate surface area is 172 Å². The fourth-order valence-electron chi connectivity index (χ4n) is 3.69. The molecule has 1 aliphatic rings. The lowest BCUT2D eigenvalue weighted by Crippen LogP contribution is -2.47. The monoisotopic (exact) mass is 391 g/mol. The molecule has 152 valence electrons. The van der Waals surface area contributed by atoms with Crippen molar-refractivity contribution in [2.75, 3.05) is 44.2 Å². The van der Waals surface area contributed by atoms with Crippen LogP contribution in [0.25, 0.3) is 11.3 Å². The largest absolute Gasteiger partial charge is 0.338 e. The number of rotatable bonds is 8. The summed E-state index contributed by atoms with van der Waals surface area (Å²) in [5.74, 6) is 0.846. The van der Waals surface area contributed by atoms with E-state index >= 15 is 0 Å². The molecule has 0 aliphatic carbocycles. The van der Waals surface area contributed by atoms with Crippen LogP contribution in [0.15, 0.2) is 48.9 Å². The summed E-state index contributed by atoms with van der Waals surface area (Å²) in [5.41, 5.74) is 4.78. The number of aromatic nitrogens is 4. The van der Waals surface area contributed by atoms with E-state index in [1.54, 1.807) is 0 Å². The molecular formula is C22H29N7. The lowest BCUT2D eigenvalue weighted by molar-refractivity contribution is 0.253. The molecule has 1 aliphatic heterocycles. The van der Waals surface area contributed by atoms with E-state index in [9.17, 15) is 0 Å². The average Bonchev–Trinajstić information content (AvgIpc) is 3.24. The molecule has 0 radical (unpaired) electrons. The maximum atomic E-state index is 4.35. The summed E-state index contributed by atoms with van der Waals surface area (Å²) in [7, 11) is 0. The zero-order valence-corrected chi connectivity index (χ0v) is 17.0. The number of piperazine rings is 1. The van der Waals surface area contributed by atoms with Gasteiger partial charge in [-0.1, -0.05) is 29.8 Å². The lowest BCUT2D eigenvalue weighted by atomic mass is 10.1. The quantitative estimate of drug-likeness (QED) is 0.575. The first-order valence-corrected chi connectivity index (χ1v) is 10.3. The van der Waals surface area contributed by atoms with Crippen LogP contribution in [0.3, 0.4) is 0 Å². The van der Waals surface area contributed by atoms with Gasteiger partial charge < -0.3 is 10.2 Å². The van der Waals surface area contributed by atoms with Gasteiger partial charge in [-0.3, -0.25) is 10.00 Å². The van der Waals surface area contributed by atoms with Gasteiger partial charge in [-0.25, -0.2) is 9.97 Å². The van der Waals surface area contributed by atoms with Crippen LogP contribution >= 0.6 is 0 Å². The standard InChI is InChI=1S/C22H29N7/c1-18-4-6-19(7-5-18)21-20(17-26-27-21)16-23-8-3-11-28-12-14-29(15-13-28)22-24-9-2-10-25-22/h2,4-7,9-10,17,23H,3,8,11-16H2,1H3,(H,26,27). The number of nitrogens with zero attached hydrogens (tertiary/aromatic N) is 5. The van der Waals surface area contributed by atoms with Crippen molar-refractivity contribution in [2.45, 2.75) is 19.9 Å². The normalized spacial score (nSPS) is 15.0. The van der Waals surface area contributed by atoms with Gasteiger partial charge >= 0.3 is 0 Å². The van der Waals surface area contributed by atoms with Crippen LogP contribution in [0, 0.1) is 6.92 Å². The predicted molar refractivity (Wildman–Crippen MR) is 116 cm³/mol. The number of aromatic amines is 1. The second-order valence-corrected chi connectivity index (χ2v) is 7.54. The average molecular weight is 392 g/mol. The molecule has 4 rings (SSSR count). The molecule has 3 heterocycles. The SMILES string of the molecule is Cc1ccc(-c2[nH]ncc2CNCCCN2CCN(c3ncccn3)CC2)cc1. The molecule has 2 N–H and O–H groups in total. The summed E-state index contributed by atoms with van der Waals surface area (Å²) in [6.45, 7) is 9.18. The van der Waals surface area contributed by atoms with Gasteiger partial charge in [0.15, 0.2) is 0 Å². The Morgan fingerprint density at radius 1 is 1.03 bits per heavy atom. The minimum atomic E-state index is 0.832. The molecule has 29 heavy (non-hydrogen) atoms. The molecule has 2 aromatic heterocycles. The van der Waals surface area contributed by atoms with Crippen LogP contribution in [0.2, 0.25) is 0 Å². The Hall–Kier alpha value is -2.77. The molecule has 1 aromatic carbocycles. The summed E-state index contributed by atoms with van der Waals surface area (Å²) in [4.78, 5) is 13.5. The zero-order valence-electron chi connectivity index (χ0n) is 17.0. The Morgan fingerprint density at radius 2 is 1.79 bits per heavy atom. The number of hydrogen-bond donors (Lipinski definition) is 2. The molecule has 0 amide bonds. The van der Waals surface area contributed by atoms with Crippen molar-refractivity contribution in [1.29, 1.82) is 0 Å². The van der Waals surface area contributed by atoms with Crippen molar-refractivity contribution in [3.8, 4) is 11.3 Å². The lowest BCUT2D eigenvalue weighted by Gasteiger charge is -2.34. The molecule has 7 heteroatoms. The maximum absolute atomic E-state index is 4.35. The van der Waals surface area contributed by atoms with E-state index in [1.807, 2.05) is 24.7 Å². The highest BCUT2D eigenvalue weighted by Crippen LogP contribution is 2.21. The second kappa shape index (κ2) is 9.62. The number of nitrogens with one attached hydrogen (secondary N) is 2. The summed E-state index contributed by atoms with van der Waals surface area (Å²) in [6.07, 6.45) is 6.68. The van der Waals surface area contributed by atoms with Gasteiger partial charge in [-0.15, -0.1) is 0 Å². The highest BCUT2D eigenvalue weighted by molar-refractivity contribution is 5.62. The molecule has 1 fully saturated rings. The molecule has 0 unspecified atom stereocenters. The van der Waals surface area contributed by atoms with E-state index in [2.05, 4.69) is 66.5 Å². The van der Waals surface area contributed by atoms with E-state index in [-0.39, 0.29) is 0 Å². The van der Waals surface area contributed by atoms with E-state index in [0.29, 0.717) is 0 Å². The van der Waals surface area contributed by atoms with Crippen molar-refractivity contribution in [1.82, 2.24) is 30.4 Å². The summed E-state index contributed by atoms with van der Waals surface area (Å²) in [5, 5.41) is 10.9. The number of aryl methyl sites for hydroxylation is 1. The van der Waals surface area contributed by atoms with Gasteiger partial charge in [-0.2, -0.15) is 5.10 Å². The minimum Gasteiger partial charge on any atom is -0.338 e. The van der Waals surface area contributed by atoms with Crippen molar-refractivity contribution in [3.05, 3.63) is 60.0 Å². The summed E-state index contributed by atoms with van der Waals surface area (Å²) >= 11 is 0. The predicted octanol–water partition coefficient (Wildman–Crippen LogP) is 2.48. The molecule has 7 nitrogen and oxygen atoms in total. The van der Waals surface area contributed by atoms with Crippen molar-refractivity contribution >= 4 is 5.95 Å². The molecule has 0 spiro atoms. The third-order valence-corrected chi connectivity index (χ3v) is 5.41. The van der Waals surface area contributed by atoms with Gasteiger partial charge in [0.1, 0.15) is 0 Å². The molecule has 0 saturated carbocycles. The first-order valence-electron chi connectivity index (χ1n) is 10.3. The Bertz CT molecular complexity index is 868. The molecule has 3 aromatic rings. The number of hydrogen-bond acceptors (Lipinski definition) is 6. The Morgan fingerprint density at radius 3 is 2.55 bits per heavy atom. The van der Waals surface area contributed by atoms with Gasteiger partial charge in [0.05, 0.1) is 11.9 Å². The first-order chi connectivity index (χ1) is 14.3. The molecular weight excluding hydrogens is 362 g/mol. The van der Waals surface area contributed by atoms with Crippen molar-refractivity contribution in [3.63, 3.8) is 0 Å². The van der Waals surface area contributed by atoms with Crippen LogP contribution in [0.4, 0.5) is 5.95 Å². The fourth-order valence-corrected chi connectivity index (χ4v) is 3.69. The Kier molecular flexibility index (Phi) is 6.49. The van der Waals surface area contributed by atoms with E-state index < -0.39 is 0 Å². The van der Waals surface area contributed by atoms with E-state index in [4.69, 9.17) is 0 Å². The number of benzene rings is 1. The zero-order chi connectivity index (χ0) is 19.9. The third kappa shape index (κ3) is 5.19. The van der Waals surface area contributed by atoms with Gasteiger partial charge in [0.25, 0.3) is 0 Å². The minimum absolute atomic E-state index is 0.832. The van der Waals surface area contributed by atoms with Crippen LogP contribution < -0.4 is 10.2 Å². The van der Waals surface area contributed by atoms with Gasteiger partial charge in [0.2, 0.25) is 5.95 Å². The topological polar surface area (TPSA) is 73.0 Å². The summed E-state index contributed by atoms with van der Waals surface area (Å²) < 4.78 is 0. The van der Waals surface area contributed by atoms with Gasteiger partial charge in [-0.05, 0) is 38.1 Å². The Balaban J connectivity index is 1.16. The molecule has 0 atom stereocenters. The van der Waals surface area contributed by atoms with Crippen LogP contribution in [-0.2, 0) is 6.54 Å². The molecule has 1 saturated heterocycles. The fraction of sp³-hybridized carbons (Fsp3) is 0.409. The maximum Gasteiger partial charge on any atom is 0.225 e. The second-order valence-electron chi connectivity index (χ2n) is 7.54. The van der Waals surface area contributed by atoms with Crippen molar-refractivity contribution in [2.24, 2.45) is 0 Å². The van der Waals surface area contributed by atoms with E-state index in [0.717, 1.165) is 63.9 Å². The van der Waals surface area contributed by atoms with Crippen LogP contribution in [0.5, 0.6) is 0 Å². The van der Waals surface area contributed by atoms with Crippen LogP contribution in [-0.4, -0.2) is 64.3 Å². The van der Waals surface area contributed by atoms with Crippen molar-refractivity contribution < 1.29 is 0 Å². The van der Waals surface area contributed by atoms with Crippen LogP contribution in [0.1, 0.15) is 17.5 Å². The van der Waals surface area contributed by atoms with E-state index in [1.165, 1.54) is 16.7 Å². The third-order valence-electron chi connectivity index (χ3n) is 5.41. The smallest absolute Gasteiger partial charge is 0.225 e. The highest BCUT2D eigenvalue weighted by Gasteiger charge is 2.18. The number of H-pyrrole nitrogens is 1. The first kappa shape index (κ1) is 19.5. The molecule has 0 bridgehead atoms. The summed E-state index contributed by atoms with van der Waals surface area (Å²) in [6, 6.07) is 10.4. The number of anilines is 1.